The Labute approximate surface area is 80.2 Å². The highest BCUT2D eigenvalue weighted by Crippen LogP contribution is 2.10. The maximum absolute atomic E-state index is 10.3. The van der Waals surface area contributed by atoms with Crippen LogP contribution in [0.3, 0.4) is 0 Å². The van der Waals surface area contributed by atoms with Crippen LogP contribution in [0.5, 0.6) is 0 Å². The minimum absolute atomic E-state index is 0.00345. The Morgan fingerprint density at radius 1 is 1.77 bits per heavy atom. The quantitative estimate of drug-likeness (QED) is 0.770. The van der Waals surface area contributed by atoms with Crippen molar-refractivity contribution in [1.29, 1.82) is 0 Å². The lowest BCUT2D eigenvalue weighted by Gasteiger charge is -1.92. The Bertz CT molecular complexity index is 285. The molecule has 0 bridgehead atoms. The van der Waals surface area contributed by atoms with Crippen LogP contribution in [0.25, 0.3) is 0 Å². The van der Waals surface area contributed by atoms with E-state index in [1.54, 1.807) is 12.5 Å². The summed E-state index contributed by atoms with van der Waals surface area (Å²) in [5.41, 5.74) is 0.628. The van der Waals surface area contributed by atoms with Gasteiger partial charge < -0.3 is 9.84 Å². The van der Waals surface area contributed by atoms with Crippen molar-refractivity contribution in [3.63, 3.8) is 0 Å². The van der Waals surface area contributed by atoms with Gasteiger partial charge >= 0.3 is 5.97 Å². The molecule has 0 aliphatic rings. The molecule has 0 aromatic carbocycles. The Hall–Kier alpha value is -0.940. The third kappa shape index (κ3) is 3.52. The topological polar surface area (TPSA) is 59.4 Å². The van der Waals surface area contributed by atoms with Crippen LogP contribution in [0.15, 0.2) is 5.38 Å². The number of thiazole rings is 1. The third-order valence-electron chi connectivity index (χ3n) is 1.45. The van der Waals surface area contributed by atoms with E-state index in [0.29, 0.717) is 12.3 Å². The lowest BCUT2D eigenvalue weighted by Crippen LogP contribution is -2.01. The van der Waals surface area contributed by atoms with Crippen LogP contribution >= 0.6 is 11.3 Å². The number of hydrogen-bond donors (Lipinski definition) is 1. The van der Waals surface area contributed by atoms with Crippen molar-refractivity contribution in [3.05, 3.63) is 16.1 Å². The molecule has 0 aliphatic heterocycles. The Kier molecular flexibility index (Phi) is 3.85. The zero-order valence-electron chi connectivity index (χ0n) is 7.32. The molecule has 13 heavy (non-hydrogen) atoms. The molecule has 72 valence electrons. The molecule has 0 saturated heterocycles. The molecule has 1 rings (SSSR count). The number of methoxy groups -OCH3 is 1. The van der Waals surface area contributed by atoms with Gasteiger partial charge in [0.05, 0.1) is 23.7 Å². The molecule has 0 saturated carbocycles. The van der Waals surface area contributed by atoms with Crippen LogP contribution < -0.4 is 0 Å². The van der Waals surface area contributed by atoms with Crippen molar-refractivity contribution < 1.29 is 14.6 Å². The van der Waals surface area contributed by atoms with E-state index in [0.717, 1.165) is 11.4 Å². The van der Waals surface area contributed by atoms with Crippen molar-refractivity contribution in [1.82, 2.24) is 4.98 Å². The van der Waals surface area contributed by atoms with Gasteiger partial charge in [-0.3, -0.25) is 4.79 Å². The summed E-state index contributed by atoms with van der Waals surface area (Å²) in [4.78, 5) is 14.5. The largest absolute Gasteiger partial charge is 0.481 e. The number of hydrogen-bond acceptors (Lipinski definition) is 4. The molecule has 0 aliphatic carbocycles. The number of carbonyl (C=O) groups is 1. The standard InChI is InChI=1S/C8H11NO3S/c1-12-3-2-7-9-6(5-13-7)4-8(10)11/h5H,2-4H2,1H3,(H,10,11). The van der Waals surface area contributed by atoms with Crippen molar-refractivity contribution in [3.8, 4) is 0 Å². The van der Waals surface area contributed by atoms with Gasteiger partial charge in [-0.1, -0.05) is 0 Å². The third-order valence-corrected chi connectivity index (χ3v) is 2.41. The van der Waals surface area contributed by atoms with Crippen LogP contribution in [0.4, 0.5) is 0 Å². The number of nitrogens with zero attached hydrogens (tertiary/aromatic N) is 1. The molecule has 0 spiro atoms. The lowest BCUT2D eigenvalue weighted by molar-refractivity contribution is -0.136. The minimum Gasteiger partial charge on any atom is -0.481 e. The fourth-order valence-corrected chi connectivity index (χ4v) is 1.67. The van der Waals surface area contributed by atoms with Crippen LogP contribution in [-0.4, -0.2) is 29.8 Å². The number of carboxylic acids is 1. The van der Waals surface area contributed by atoms with E-state index >= 15 is 0 Å². The summed E-state index contributed by atoms with van der Waals surface area (Å²) >= 11 is 1.48. The first kappa shape index (κ1) is 10.1. The fourth-order valence-electron chi connectivity index (χ4n) is 0.889. The lowest BCUT2D eigenvalue weighted by atomic mass is 10.3. The summed E-state index contributed by atoms with van der Waals surface area (Å²) in [6, 6.07) is 0. The summed E-state index contributed by atoms with van der Waals surface area (Å²) in [7, 11) is 1.63. The predicted octanol–water partition coefficient (Wildman–Crippen LogP) is 0.959. The Balaban J connectivity index is 2.48. The van der Waals surface area contributed by atoms with Gasteiger partial charge in [-0.15, -0.1) is 11.3 Å². The zero-order chi connectivity index (χ0) is 9.68. The van der Waals surface area contributed by atoms with Crippen molar-refractivity contribution in [2.45, 2.75) is 12.8 Å². The van der Waals surface area contributed by atoms with Crippen LogP contribution in [0, 0.1) is 0 Å². The zero-order valence-corrected chi connectivity index (χ0v) is 8.13. The van der Waals surface area contributed by atoms with Gasteiger partial charge in [-0.25, -0.2) is 4.98 Å². The summed E-state index contributed by atoms with van der Waals surface area (Å²) in [5, 5.41) is 11.2. The highest BCUT2D eigenvalue weighted by molar-refractivity contribution is 7.09. The van der Waals surface area contributed by atoms with Crippen LogP contribution in [0.1, 0.15) is 10.7 Å². The second-order valence-electron chi connectivity index (χ2n) is 2.55. The first-order valence-electron chi connectivity index (χ1n) is 3.86. The molecule has 4 nitrogen and oxygen atoms in total. The molecule has 1 N–H and O–H groups in total. The molecule has 1 aromatic rings. The molecule has 0 fully saturated rings. The number of aliphatic carboxylic acids is 1. The van der Waals surface area contributed by atoms with Gasteiger partial charge in [0.15, 0.2) is 0 Å². The second-order valence-corrected chi connectivity index (χ2v) is 3.49. The number of aromatic nitrogens is 1. The van der Waals surface area contributed by atoms with Gasteiger partial charge in [-0.2, -0.15) is 0 Å². The van der Waals surface area contributed by atoms with E-state index in [2.05, 4.69) is 4.98 Å². The van der Waals surface area contributed by atoms with Gasteiger partial charge in [0.2, 0.25) is 0 Å². The molecule has 0 radical (unpaired) electrons. The maximum Gasteiger partial charge on any atom is 0.309 e. The molecule has 1 aromatic heterocycles. The molecule has 0 unspecified atom stereocenters. The summed E-state index contributed by atoms with van der Waals surface area (Å²) in [6.07, 6.45) is 0.754. The van der Waals surface area contributed by atoms with Gasteiger partial charge in [0.25, 0.3) is 0 Å². The van der Waals surface area contributed by atoms with E-state index in [-0.39, 0.29) is 6.42 Å². The van der Waals surface area contributed by atoms with E-state index in [9.17, 15) is 4.79 Å². The summed E-state index contributed by atoms with van der Waals surface area (Å²) < 4.78 is 4.89. The predicted molar refractivity (Wildman–Crippen MR) is 49.0 cm³/mol. The van der Waals surface area contributed by atoms with E-state index in [4.69, 9.17) is 9.84 Å². The summed E-state index contributed by atoms with van der Waals surface area (Å²) in [5.74, 6) is -0.844. The Morgan fingerprint density at radius 3 is 3.15 bits per heavy atom. The van der Waals surface area contributed by atoms with Crippen LogP contribution in [-0.2, 0) is 22.4 Å². The normalized spacial score (nSPS) is 10.2. The molecule has 5 heteroatoms. The smallest absolute Gasteiger partial charge is 0.309 e. The van der Waals surface area contributed by atoms with Gasteiger partial charge in [0, 0.05) is 18.9 Å². The van der Waals surface area contributed by atoms with Gasteiger partial charge in [-0.05, 0) is 0 Å². The first-order chi connectivity index (χ1) is 6.22. The van der Waals surface area contributed by atoms with E-state index < -0.39 is 5.97 Å². The monoisotopic (exact) mass is 201 g/mol. The highest BCUT2D eigenvalue weighted by atomic mass is 32.1. The van der Waals surface area contributed by atoms with E-state index in [1.807, 2.05) is 0 Å². The molecular formula is C8H11NO3S. The average Bonchev–Trinajstić information content (AvgIpc) is 2.48. The SMILES string of the molecule is COCCc1nc(CC(=O)O)cs1. The average molecular weight is 201 g/mol. The number of carboxylic acid groups (broad SMARTS) is 1. The molecule has 0 amide bonds. The Morgan fingerprint density at radius 2 is 2.54 bits per heavy atom. The fraction of sp³-hybridized carbons (Fsp3) is 0.500. The minimum atomic E-state index is -0.844. The summed E-state index contributed by atoms with van der Waals surface area (Å²) in [6.45, 7) is 0.625. The highest BCUT2D eigenvalue weighted by Gasteiger charge is 2.05. The van der Waals surface area contributed by atoms with E-state index in [1.165, 1.54) is 11.3 Å². The van der Waals surface area contributed by atoms with Crippen molar-refractivity contribution in [2.24, 2.45) is 0 Å². The van der Waals surface area contributed by atoms with Crippen molar-refractivity contribution >= 4 is 17.3 Å². The molecule has 1 heterocycles. The molecular weight excluding hydrogens is 190 g/mol. The first-order valence-corrected chi connectivity index (χ1v) is 4.74. The van der Waals surface area contributed by atoms with Gasteiger partial charge in [0.1, 0.15) is 0 Å². The second kappa shape index (κ2) is 4.94. The number of ether oxygens (including phenoxy) is 1. The molecule has 0 atom stereocenters. The van der Waals surface area contributed by atoms with Crippen molar-refractivity contribution in [2.75, 3.05) is 13.7 Å². The number of rotatable bonds is 5. The maximum atomic E-state index is 10.3. The van der Waals surface area contributed by atoms with Crippen LogP contribution in [0.2, 0.25) is 0 Å².